The van der Waals surface area contributed by atoms with Crippen molar-refractivity contribution in [2.45, 2.75) is 188 Å². The molecule has 2 aromatic carbocycles. The molecule has 462 valence electrons. The number of aliphatic hydroxyl groups excluding tert-OH is 1. The second-order valence-electron chi connectivity index (χ2n) is 23.4. The number of benzene rings is 2. The first-order chi connectivity index (χ1) is 39.2. The topological polar surface area (TPSA) is 272 Å². The number of carboxylic acid groups (broad SMARTS) is 1. The van der Waals surface area contributed by atoms with Gasteiger partial charge in [0.2, 0.25) is 29.5 Å². The number of ether oxygens (including phenoxy) is 4. The molecule has 1 aliphatic carbocycles. The summed E-state index contributed by atoms with van der Waals surface area (Å²) >= 11 is 0. The molecule has 1 saturated heterocycles. The minimum Gasteiger partial charge on any atom is -0.480 e. The van der Waals surface area contributed by atoms with Crippen LogP contribution in [-0.2, 0) is 60.7 Å². The summed E-state index contributed by atoms with van der Waals surface area (Å²) in [5.41, 5.74) is 1.73. The van der Waals surface area contributed by atoms with E-state index < -0.39 is 114 Å². The Bertz CT molecular complexity index is 2530. The fourth-order valence-corrected chi connectivity index (χ4v) is 11.4. The monoisotopic (exact) mass is 1160 g/mol. The first-order valence-electron chi connectivity index (χ1n) is 29.3. The maximum atomic E-state index is 14.8. The van der Waals surface area contributed by atoms with Crippen LogP contribution < -0.4 is 21.3 Å². The Kier molecular flexibility index (Phi) is 27.0. The Morgan fingerprint density at radius 1 is 0.831 bits per heavy atom. The van der Waals surface area contributed by atoms with E-state index in [1.165, 1.54) is 26.2 Å². The second kappa shape index (κ2) is 32.5. The number of aliphatic carboxylic acids is 1. The number of aliphatic hydroxyl groups is 1. The van der Waals surface area contributed by atoms with E-state index in [-0.39, 0.29) is 36.7 Å². The van der Waals surface area contributed by atoms with Crippen LogP contribution in [0.2, 0.25) is 0 Å². The maximum absolute atomic E-state index is 14.8. The average Bonchev–Trinajstić information content (AvgIpc) is 4.12. The number of methoxy groups -OCH3 is 2. The van der Waals surface area contributed by atoms with Gasteiger partial charge >= 0.3 is 18.2 Å². The first-order valence-corrected chi connectivity index (χ1v) is 29.3. The number of amides is 7. The molecular formula is C62H95N7O14. The zero-order valence-electron chi connectivity index (χ0n) is 51.4. The van der Waals surface area contributed by atoms with Crippen molar-refractivity contribution in [2.75, 3.05) is 46.7 Å². The van der Waals surface area contributed by atoms with Gasteiger partial charge in [0, 0.05) is 46.0 Å². The number of hydrogen-bond acceptors (Lipinski definition) is 13. The standard InChI is InChI=1S/C62H95N7O14/c1-15-39(7)53(48(80-13)34-49(70)69-32-22-26-47(69)55(81-14)40(8)56(74)64-41(9)54(73)43-23-18-17-19-24-43)67(11)58(76)51(37(3)4)66-57(75)52(38(5)6)68(12)61(79)82-36-44-27-28-45(33-42(44)16-2)65-60(78)83-46-25-20-21-30-62(10,31-29-46)59(77)63-35-50(71)72/h17-20,23-25,27-28,33,37-41,46-48,51-55,73H,15-16,21-22,26,29-32,34-36H2,1-14H3,(H,63,77)(H,64,74)(H,65,78)(H,66,75)(H,71,72)/b25-20+/t39-,40+,41+,46-,47-,48+,51-,52-,53-,54+,55+,62+/m0/s1. The van der Waals surface area contributed by atoms with E-state index in [1.807, 2.05) is 58.9 Å². The van der Waals surface area contributed by atoms with Crippen molar-refractivity contribution >= 4 is 53.4 Å². The molecule has 4 rings (SSSR count). The van der Waals surface area contributed by atoms with Gasteiger partial charge in [0.25, 0.3) is 0 Å². The molecule has 7 amide bonds. The molecule has 83 heavy (non-hydrogen) atoms. The zero-order chi connectivity index (χ0) is 61.9. The first kappa shape index (κ1) is 68.9. The molecule has 12 atom stereocenters. The van der Waals surface area contributed by atoms with Crippen LogP contribution in [0.4, 0.5) is 15.3 Å². The number of nitrogens with one attached hydrogen (secondary N) is 4. The van der Waals surface area contributed by atoms with Gasteiger partial charge in [-0.15, -0.1) is 0 Å². The number of allylic oxidation sites excluding steroid dienone is 1. The number of rotatable bonds is 28. The third-order valence-electron chi connectivity index (χ3n) is 16.7. The summed E-state index contributed by atoms with van der Waals surface area (Å²) in [6.45, 7) is 18.2. The van der Waals surface area contributed by atoms with E-state index in [9.17, 15) is 43.5 Å². The Morgan fingerprint density at radius 2 is 1.52 bits per heavy atom. The molecule has 21 heteroatoms. The smallest absolute Gasteiger partial charge is 0.412 e. The number of nitrogens with zero attached hydrogens (tertiary/aromatic N) is 3. The Hall–Kier alpha value is -6.58. The molecule has 21 nitrogen and oxygen atoms in total. The quantitative estimate of drug-likeness (QED) is 0.0454. The zero-order valence-corrected chi connectivity index (χ0v) is 51.4. The highest BCUT2D eigenvalue weighted by atomic mass is 16.6. The van der Waals surface area contributed by atoms with Gasteiger partial charge in [-0.2, -0.15) is 0 Å². The van der Waals surface area contributed by atoms with Crippen LogP contribution in [0.3, 0.4) is 0 Å². The molecule has 0 bridgehead atoms. The van der Waals surface area contributed by atoms with E-state index >= 15 is 0 Å². The minimum absolute atomic E-state index is 0.0722. The predicted octanol–water partition coefficient (Wildman–Crippen LogP) is 7.40. The fourth-order valence-electron chi connectivity index (χ4n) is 11.4. The number of likely N-dealkylation sites (tertiary alicyclic amines) is 1. The van der Waals surface area contributed by atoms with Gasteiger partial charge in [0.15, 0.2) is 0 Å². The van der Waals surface area contributed by atoms with Crippen molar-refractivity contribution in [3.63, 3.8) is 0 Å². The fraction of sp³-hybridized carbons (Fsp3) is 0.645. The lowest BCUT2D eigenvalue weighted by atomic mass is 9.78. The van der Waals surface area contributed by atoms with E-state index in [0.29, 0.717) is 74.7 Å². The number of anilines is 1. The Labute approximate surface area is 491 Å². The van der Waals surface area contributed by atoms with Gasteiger partial charge in [-0.1, -0.05) is 111 Å². The summed E-state index contributed by atoms with van der Waals surface area (Å²) in [5, 5.41) is 31.1. The minimum atomic E-state index is -1.14. The number of hydrogen-bond donors (Lipinski definition) is 6. The molecule has 0 saturated carbocycles. The van der Waals surface area contributed by atoms with Gasteiger partial charge in [-0.25, -0.2) is 9.59 Å². The molecule has 1 fully saturated rings. The number of carbonyl (C=O) groups excluding carboxylic acids is 7. The lowest BCUT2D eigenvalue weighted by Gasteiger charge is -2.41. The Morgan fingerprint density at radius 3 is 2.12 bits per heavy atom. The highest BCUT2D eigenvalue weighted by Crippen LogP contribution is 2.34. The number of carboxylic acids is 1. The van der Waals surface area contributed by atoms with Gasteiger partial charge in [0.1, 0.15) is 31.3 Å². The summed E-state index contributed by atoms with van der Waals surface area (Å²) in [6, 6.07) is 10.5. The van der Waals surface area contributed by atoms with Crippen LogP contribution >= 0.6 is 0 Å². The SMILES string of the molecule is CCc1cc(NC(=O)O[C@H]2/C=C/CC[C@@](C)(C(=O)NCC(=O)O)CC2)ccc1COC(=O)N(C)[C@H](C(=O)N[C@H](C(=O)N(C)[C@@H]([C@@H](C)CC)[C@@H](CC(=O)N1CCC[C@H]1[C@H](OC)[C@@H](C)C(=O)N[C@H](C)[C@@H](O)c1ccccc1)OC)C(C)C)C(C)C. The van der Waals surface area contributed by atoms with Gasteiger partial charge in [-0.3, -0.25) is 39.0 Å². The average molecular weight is 1160 g/mol. The Balaban J connectivity index is 1.40. The van der Waals surface area contributed by atoms with E-state index in [0.717, 1.165) is 5.56 Å². The molecule has 0 spiro atoms. The molecule has 1 heterocycles. The summed E-state index contributed by atoms with van der Waals surface area (Å²) in [7, 11) is 6.16. The van der Waals surface area contributed by atoms with Crippen LogP contribution in [0.5, 0.6) is 0 Å². The van der Waals surface area contributed by atoms with Gasteiger partial charge in [0.05, 0.1) is 48.8 Å². The summed E-state index contributed by atoms with van der Waals surface area (Å²) in [6.07, 6.45) is 3.35. The maximum Gasteiger partial charge on any atom is 0.412 e. The highest BCUT2D eigenvalue weighted by molar-refractivity contribution is 5.92. The van der Waals surface area contributed by atoms with E-state index in [4.69, 9.17) is 24.1 Å². The van der Waals surface area contributed by atoms with Crippen LogP contribution in [0.15, 0.2) is 60.7 Å². The number of carbonyl (C=O) groups is 8. The van der Waals surface area contributed by atoms with Crippen molar-refractivity contribution in [2.24, 2.45) is 29.1 Å². The van der Waals surface area contributed by atoms with Gasteiger partial charge in [-0.05, 0) is 105 Å². The van der Waals surface area contributed by atoms with Crippen molar-refractivity contribution in [3.8, 4) is 0 Å². The summed E-state index contributed by atoms with van der Waals surface area (Å²) in [5.74, 6) is -4.62. The molecule has 6 N–H and O–H groups in total. The molecule has 0 radical (unpaired) electrons. The van der Waals surface area contributed by atoms with Crippen LogP contribution in [0.1, 0.15) is 143 Å². The third-order valence-corrected chi connectivity index (χ3v) is 16.7. The second-order valence-corrected chi connectivity index (χ2v) is 23.4. The molecular weight excluding hydrogens is 1070 g/mol. The summed E-state index contributed by atoms with van der Waals surface area (Å²) < 4.78 is 23.6. The highest BCUT2D eigenvalue weighted by Gasteiger charge is 2.44. The lowest BCUT2D eigenvalue weighted by molar-refractivity contribution is -0.148. The van der Waals surface area contributed by atoms with Crippen molar-refractivity contribution in [1.29, 1.82) is 0 Å². The van der Waals surface area contributed by atoms with Crippen LogP contribution in [0.25, 0.3) is 0 Å². The number of aryl methyl sites for hydroxylation is 1. The summed E-state index contributed by atoms with van der Waals surface area (Å²) in [4.78, 5) is 113. The van der Waals surface area contributed by atoms with E-state index in [2.05, 4.69) is 21.3 Å². The van der Waals surface area contributed by atoms with Gasteiger partial charge < -0.3 is 54.9 Å². The predicted molar refractivity (Wildman–Crippen MR) is 315 cm³/mol. The molecule has 0 unspecified atom stereocenters. The van der Waals surface area contributed by atoms with Crippen molar-refractivity contribution in [1.82, 2.24) is 30.7 Å². The molecule has 2 aliphatic rings. The van der Waals surface area contributed by atoms with Crippen molar-refractivity contribution in [3.05, 3.63) is 77.4 Å². The molecule has 2 aromatic rings. The normalized spacial score (nSPS) is 20.8. The van der Waals surface area contributed by atoms with Crippen molar-refractivity contribution < 1.29 is 67.5 Å². The largest absolute Gasteiger partial charge is 0.480 e. The molecule has 0 aromatic heterocycles. The van der Waals surface area contributed by atoms with Crippen LogP contribution in [-0.4, -0.2) is 163 Å². The van der Waals surface area contributed by atoms with Crippen LogP contribution in [0, 0.1) is 29.1 Å². The number of likely N-dealkylation sites (N-methyl/N-ethyl adjacent to an activating group) is 2. The molecule has 1 aliphatic heterocycles. The van der Waals surface area contributed by atoms with E-state index in [1.54, 1.807) is 87.9 Å². The lowest BCUT2D eigenvalue weighted by Crippen LogP contribution is -2.60. The third kappa shape index (κ3) is 19.0.